The van der Waals surface area contributed by atoms with Crippen LogP contribution in [0.25, 0.3) is 0 Å². The second-order valence-electron chi connectivity index (χ2n) is 4.67. The Morgan fingerprint density at radius 1 is 1.56 bits per heavy atom. The van der Waals surface area contributed by atoms with E-state index < -0.39 is 5.97 Å². The van der Waals surface area contributed by atoms with E-state index in [9.17, 15) is 4.79 Å². The third-order valence-corrected chi connectivity index (χ3v) is 3.56. The van der Waals surface area contributed by atoms with Gasteiger partial charge in [-0.2, -0.15) is 5.26 Å². The summed E-state index contributed by atoms with van der Waals surface area (Å²) in [5.41, 5.74) is 0. The van der Waals surface area contributed by atoms with Crippen LogP contribution in [0.3, 0.4) is 0 Å². The average molecular weight is 266 g/mol. The maximum Gasteiger partial charge on any atom is 0.307 e. The lowest BCUT2D eigenvalue weighted by atomic mass is 9.97. The van der Waals surface area contributed by atoms with Crippen LogP contribution in [0, 0.1) is 23.2 Å². The number of aliphatic carboxylic acids is 1. The van der Waals surface area contributed by atoms with Crippen molar-refractivity contribution in [1.82, 2.24) is 5.32 Å². The van der Waals surface area contributed by atoms with Gasteiger partial charge in [0, 0.05) is 18.0 Å². The van der Waals surface area contributed by atoms with Crippen molar-refractivity contribution >= 4 is 17.3 Å². The van der Waals surface area contributed by atoms with E-state index in [0.29, 0.717) is 30.3 Å². The molecule has 1 unspecified atom stereocenters. The van der Waals surface area contributed by atoms with Crippen molar-refractivity contribution in [2.45, 2.75) is 26.8 Å². The fraction of sp³-hybridized carbons (Fsp3) is 0.538. The number of rotatable bonds is 7. The van der Waals surface area contributed by atoms with Crippen molar-refractivity contribution in [1.29, 1.82) is 5.26 Å². The van der Waals surface area contributed by atoms with Crippen LogP contribution in [-0.2, 0) is 11.3 Å². The summed E-state index contributed by atoms with van der Waals surface area (Å²) in [7, 11) is 0. The van der Waals surface area contributed by atoms with Crippen molar-refractivity contribution in [2.75, 3.05) is 6.54 Å². The minimum Gasteiger partial charge on any atom is -0.481 e. The van der Waals surface area contributed by atoms with Gasteiger partial charge in [0.05, 0.1) is 5.92 Å². The standard InChI is InChI=1S/C13H18N2O2S/c1-9(2)5-10(13(16)17)7-15-8-12-4-3-11(6-14)18-12/h3-4,9-10,15H,5,7-8H2,1-2H3,(H,16,17). The lowest BCUT2D eigenvalue weighted by molar-refractivity contribution is -0.142. The summed E-state index contributed by atoms with van der Waals surface area (Å²) in [5, 5.41) is 20.9. The van der Waals surface area contributed by atoms with Gasteiger partial charge in [-0.15, -0.1) is 11.3 Å². The second kappa shape index (κ2) is 7.14. The number of carboxylic acids is 1. The van der Waals surface area contributed by atoms with E-state index in [1.54, 1.807) is 6.07 Å². The normalized spacial score (nSPS) is 12.3. The van der Waals surface area contributed by atoms with Gasteiger partial charge in [0.25, 0.3) is 0 Å². The Morgan fingerprint density at radius 2 is 2.28 bits per heavy atom. The summed E-state index contributed by atoms with van der Waals surface area (Å²) in [6, 6.07) is 5.77. The molecular weight excluding hydrogens is 248 g/mol. The van der Waals surface area contributed by atoms with Crippen LogP contribution in [0.4, 0.5) is 0 Å². The summed E-state index contributed by atoms with van der Waals surface area (Å²) in [4.78, 5) is 12.8. The molecule has 1 atom stereocenters. The Balaban J connectivity index is 2.39. The molecule has 18 heavy (non-hydrogen) atoms. The molecule has 0 fully saturated rings. The van der Waals surface area contributed by atoms with Crippen LogP contribution in [-0.4, -0.2) is 17.6 Å². The van der Waals surface area contributed by atoms with E-state index >= 15 is 0 Å². The zero-order valence-corrected chi connectivity index (χ0v) is 11.5. The number of nitrogens with zero attached hydrogens (tertiary/aromatic N) is 1. The van der Waals surface area contributed by atoms with Crippen LogP contribution < -0.4 is 5.32 Å². The highest BCUT2D eigenvalue weighted by Gasteiger charge is 2.18. The minimum atomic E-state index is -0.750. The Kier molecular flexibility index (Phi) is 5.83. The van der Waals surface area contributed by atoms with E-state index in [0.717, 1.165) is 4.88 Å². The Labute approximate surface area is 111 Å². The first-order valence-corrected chi connectivity index (χ1v) is 6.77. The lowest BCUT2D eigenvalue weighted by Crippen LogP contribution is -2.29. The van der Waals surface area contributed by atoms with Gasteiger partial charge in [-0.3, -0.25) is 4.79 Å². The fourth-order valence-corrected chi connectivity index (χ4v) is 2.52. The first kappa shape index (κ1) is 14.7. The van der Waals surface area contributed by atoms with Crippen molar-refractivity contribution in [3.8, 4) is 6.07 Å². The molecule has 1 aromatic rings. The second-order valence-corrected chi connectivity index (χ2v) is 5.84. The quantitative estimate of drug-likeness (QED) is 0.795. The predicted octanol–water partition coefficient (Wildman–Crippen LogP) is 2.46. The molecule has 0 aromatic carbocycles. The summed E-state index contributed by atoms with van der Waals surface area (Å²) >= 11 is 1.44. The first-order valence-electron chi connectivity index (χ1n) is 5.95. The number of carbonyl (C=O) groups is 1. The van der Waals surface area contributed by atoms with Gasteiger partial charge in [-0.25, -0.2) is 0 Å². The molecule has 1 aromatic heterocycles. The molecule has 0 saturated carbocycles. The van der Waals surface area contributed by atoms with E-state index in [1.165, 1.54) is 11.3 Å². The van der Waals surface area contributed by atoms with Gasteiger partial charge < -0.3 is 10.4 Å². The average Bonchev–Trinajstić information content (AvgIpc) is 2.75. The Bertz CT molecular complexity index is 434. The Hall–Kier alpha value is -1.38. The highest BCUT2D eigenvalue weighted by atomic mass is 32.1. The van der Waals surface area contributed by atoms with Crippen molar-refractivity contribution in [3.05, 3.63) is 21.9 Å². The van der Waals surface area contributed by atoms with Crippen LogP contribution in [0.1, 0.15) is 30.0 Å². The molecule has 0 aliphatic carbocycles. The molecule has 5 heteroatoms. The summed E-state index contributed by atoms with van der Waals surface area (Å²) in [5.74, 6) is -0.722. The fourth-order valence-electron chi connectivity index (χ4n) is 1.74. The predicted molar refractivity (Wildman–Crippen MR) is 71.3 cm³/mol. The zero-order chi connectivity index (χ0) is 13.5. The number of nitrogens with one attached hydrogen (secondary N) is 1. The number of hydrogen-bond acceptors (Lipinski definition) is 4. The molecular formula is C13H18N2O2S. The van der Waals surface area contributed by atoms with Crippen LogP contribution in [0.15, 0.2) is 12.1 Å². The number of hydrogen-bond donors (Lipinski definition) is 2. The third kappa shape index (κ3) is 4.86. The molecule has 1 rings (SSSR count). The number of thiophene rings is 1. The SMILES string of the molecule is CC(C)CC(CNCc1ccc(C#N)s1)C(=O)O. The van der Waals surface area contributed by atoms with E-state index in [-0.39, 0.29) is 5.92 Å². The highest BCUT2D eigenvalue weighted by molar-refractivity contribution is 7.12. The van der Waals surface area contributed by atoms with E-state index in [4.69, 9.17) is 10.4 Å². The van der Waals surface area contributed by atoms with Gasteiger partial charge >= 0.3 is 5.97 Å². The monoisotopic (exact) mass is 266 g/mol. The van der Waals surface area contributed by atoms with Crippen LogP contribution in [0.2, 0.25) is 0 Å². The van der Waals surface area contributed by atoms with E-state index in [1.807, 2.05) is 19.9 Å². The molecule has 0 aliphatic heterocycles. The maximum absolute atomic E-state index is 11.0. The molecule has 4 nitrogen and oxygen atoms in total. The highest BCUT2D eigenvalue weighted by Crippen LogP contribution is 2.15. The molecule has 2 N–H and O–H groups in total. The summed E-state index contributed by atoms with van der Waals surface area (Å²) in [6.07, 6.45) is 0.677. The molecule has 0 amide bonds. The molecule has 0 spiro atoms. The van der Waals surface area contributed by atoms with Gasteiger partial charge in [-0.1, -0.05) is 13.8 Å². The van der Waals surface area contributed by atoms with Gasteiger partial charge in [0.1, 0.15) is 10.9 Å². The van der Waals surface area contributed by atoms with Crippen molar-refractivity contribution in [3.63, 3.8) is 0 Å². The first-order chi connectivity index (χ1) is 8.52. The smallest absolute Gasteiger partial charge is 0.307 e. The van der Waals surface area contributed by atoms with Crippen LogP contribution >= 0.6 is 11.3 Å². The summed E-state index contributed by atoms with van der Waals surface area (Å²) in [6.45, 7) is 5.13. The molecule has 1 heterocycles. The zero-order valence-electron chi connectivity index (χ0n) is 10.6. The van der Waals surface area contributed by atoms with Crippen molar-refractivity contribution in [2.24, 2.45) is 11.8 Å². The van der Waals surface area contributed by atoms with Crippen LogP contribution in [0.5, 0.6) is 0 Å². The molecule has 0 aliphatic rings. The summed E-state index contributed by atoms with van der Waals surface area (Å²) < 4.78 is 0. The van der Waals surface area contributed by atoms with E-state index in [2.05, 4.69) is 11.4 Å². The van der Waals surface area contributed by atoms with Crippen molar-refractivity contribution < 1.29 is 9.90 Å². The Morgan fingerprint density at radius 3 is 2.78 bits per heavy atom. The van der Waals surface area contributed by atoms with Gasteiger partial charge in [0.15, 0.2) is 0 Å². The molecule has 0 saturated heterocycles. The number of carboxylic acid groups (broad SMARTS) is 1. The third-order valence-electron chi connectivity index (χ3n) is 2.57. The number of nitriles is 1. The molecule has 0 bridgehead atoms. The van der Waals surface area contributed by atoms with Gasteiger partial charge in [0.2, 0.25) is 0 Å². The largest absolute Gasteiger partial charge is 0.481 e. The maximum atomic E-state index is 11.0. The van der Waals surface area contributed by atoms with Gasteiger partial charge in [-0.05, 0) is 24.5 Å². The lowest BCUT2D eigenvalue weighted by Gasteiger charge is -2.14. The minimum absolute atomic E-state index is 0.347. The topological polar surface area (TPSA) is 73.1 Å². The molecule has 0 radical (unpaired) electrons. The molecule has 98 valence electrons.